The summed E-state index contributed by atoms with van der Waals surface area (Å²) in [6.45, 7) is 0. The van der Waals surface area contributed by atoms with Gasteiger partial charge in [0, 0.05) is 6.04 Å². The molecule has 1 aromatic carbocycles. The zero-order chi connectivity index (χ0) is 15.2. The van der Waals surface area contributed by atoms with E-state index in [0.717, 1.165) is 25.7 Å². The molecule has 0 amide bonds. The van der Waals surface area contributed by atoms with Crippen LogP contribution in [-0.2, 0) is 4.79 Å². The van der Waals surface area contributed by atoms with Gasteiger partial charge in [0.1, 0.15) is 6.04 Å². The van der Waals surface area contributed by atoms with Crippen LogP contribution in [0.5, 0.6) is 5.75 Å². The molecule has 1 saturated carbocycles. The molecule has 1 atom stereocenters. The van der Waals surface area contributed by atoms with Gasteiger partial charge in [-0.05, 0) is 30.5 Å². The van der Waals surface area contributed by atoms with Gasteiger partial charge in [-0.2, -0.15) is 0 Å². The molecule has 0 saturated heterocycles. The second-order valence-corrected chi connectivity index (χ2v) is 5.52. The zero-order valence-electron chi connectivity index (χ0n) is 12.3. The van der Waals surface area contributed by atoms with Crippen LogP contribution in [-0.4, -0.2) is 24.2 Å². The number of aliphatic carboxylic acids is 1. The molecule has 21 heavy (non-hydrogen) atoms. The van der Waals surface area contributed by atoms with E-state index in [9.17, 15) is 14.3 Å². The molecule has 1 aromatic rings. The number of halogens is 1. The van der Waals surface area contributed by atoms with Crippen molar-refractivity contribution in [3.63, 3.8) is 0 Å². The number of ether oxygens (including phenoxy) is 1. The van der Waals surface area contributed by atoms with Gasteiger partial charge in [0.25, 0.3) is 0 Å². The highest BCUT2D eigenvalue weighted by Gasteiger charge is 2.24. The maximum atomic E-state index is 13.8. The van der Waals surface area contributed by atoms with Gasteiger partial charge in [-0.25, -0.2) is 4.39 Å². The van der Waals surface area contributed by atoms with Gasteiger partial charge in [0.2, 0.25) is 0 Å². The Kier molecular flexibility index (Phi) is 5.56. The van der Waals surface area contributed by atoms with Gasteiger partial charge in [0.15, 0.2) is 11.6 Å². The summed E-state index contributed by atoms with van der Waals surface area (Å²) in [7, 11) is 1.39. The van der Waals surface area contributed by atoms with Crippen molar-refractivity contribution in [2.75, 3.05) is 7.11 Å². The molecule has 116 valence electrons. The molecule has 1 fully saturated rings. The van der Waals surface area contributed by atoms with Crippen molar-refractivity contribution in [2.45, 2.75) is 50.6 Å². The topological polar surface area (TPSA) is 58.6 Å². The van der Waals surface area contributed by atoms with Gasteiger partial charge in [-0.1, -0.05) is 31.7 Å². The lowest BCUT2D eigenvalue weighted by Crippen LogP contribution is -2.36. The quantitative estimate of drug-likeness (QED) is 0.819. The van der Waals surface area contributed by atoms with Gasteiger partial charge in [0.05, 0.1) is 7.11 Å². The van der Waals surface area contributed by atoms with Crippen LogP contribution in [0.4, 0.5) is 4.39 Å². The van der Waals surface area contributed by atoms with Crippen LogP contribution in [0.15, 0.2) is 18.2 Å². The lowest BCUT2D eigenvalue weighted by atomic mass is 10.0. The first-order chi connectivity index (χ1) is 10.1. The first-order valence-corrected chi connectivity index (χ1v) is 7.44. The molecule has 0 aliphatic heterocycles. The Balaban J connectivity index is 2.14. The molecule has 1 aliphatic carbocycles. The number of carboxylic acids is 1. The molecular formula is C16H22FNO3. The normalized spacial score (nSPS) is 18.0. The molecule has 5 heteroatoms. The Morgan fingerprint density at radius 3 is 2.52 bits per heavy atom. The second-order valence-electron chi connectivity index (χ2n) is 5.52. The van der Waals surface area contributed by atoms with Gasteiger partial charge in [-0.3, -0.25) is 10.1 Å². The summed E-state index contributed by atoms with van der Waals surface area (Å²) in [6, 6.07) is 3.61. The highest BCUT2D eigenvalue weighted by molar-refractivity contribution is 5.75. The average Bonchev–Trinajstić information content (AvgIpc) is 2.73. The maximum absolute atomic E-state index is 13.8. The van der Waals surface area contributed by atoms with E-state index < -0.39 is 17.8 Å². The highest BCUT2D eigenvalue weighted by Crippen LogP contribution is 2.25. The highest BCUT2D eigenvalue weighted by atomic mass is 19.1. The number of carbonyl (C=O) groups is 1. The van der Waals surface area contributed by atoms with E-state index in [2.05, 4.69) is 5.32 Å². The third-order valence-electron chi connectivity index (χ3n) is 4.01. The van der Waals surface area contributed by atoms with Crippen molar-refractivity contribution in [1.82, 2.24) is 5.32 Å². The van der Waals surface area contributed by atoms with E-state index in [0.29, 0.717) is 5.56 Å². The minimum absolute atomic E-state index is 0.123. The van der Waals surface area contributed by atoms with E-state index in [4.69, 9.17) is 4.74 Å². The molecule has 0 radical (unpaired) electrons. The van der Waals surface area contributed by atoms with Crippen molar-refractivity contribution in [1.29, 1.82) is 0 Å². The number of benzene rings is 1. The van der Waals surface area contributed by atoms with Gasteiger partial charge >= 0.3 is 5.97 Å². The summed E-state index contributed by atoms with van der Waals surface area (Å²) in [5.74, 6) is -1.40. The summed E-state index contributed by atoms with van der Waals surface area (Å²) in [6.07, 6.45) is 6.58. The average molecular weight is 295 g/mol. The number of nitrogens with one attached hydrogen (secondary N) is 1. The van der Waals surface area contributed by atoms with Gasteiger partial charge < -0.3 is 9.84 Å². The third-order valence-corrected chi connectivity index (χ3v) is 4.01. The third kappa shape index (κ3) is 4.17. The minimum Gasteiger partial charge on any atom is -0.494 e. The molecule has 1 aliphatic rings. The standard InChI is InChI=1S/C16H22FNO3/c1-21-14-9-8-11(10-13(14)17)15(16(19)20)18-12-6-4-2-3-5-7-12/h8-10,12,15,18H,2-7H2,1H3,(H,19,20). The molecule has 4 nitrogen and oxygen atoms in total. The van der Waals surface area contributed by atoms with Crippen molar-refractivity contribution in [2.24, 2.45) is 0 Å². The Hall–Kier alpha value is -1.62. The van der Waals surface area contributed by atoms with Crippen LogP contribution in [0.1, 0.15) is 50.1 Å². The fraction of sp³-hybridized carbons (Fsp3) is 0.562. The van der Waals surface area contributed by atoms with Crippen LogP contribution < -0.4 is 10.1 Å². The van der Waals surface area contributed by atoms with E-state index in [-0.39, 0.29) is 11.8 Å². The predicted octanol–water partition coefficient (Wildman–Crippen LogP) is 3.27. The SMILES string of the molecule is COc1ccc(C(NC2CCCCCC2)C(=O)O)cc1F. The van der Waals surface area contributed by atoms with Crippen LogP contribution >= 0.6 is 0 Å². The first-order valence-electron chi connectivity index (χ1n) is 7.44. The molecule has 1 unspecified atom stereocenters. The number of rotatable bonds is 5. The summed E-state index contributed by atoms with van der Waals surface area (Å²) < 4.78 is 18.6. The fourth-order valence-electron chi connectivity index (χ4n) is 2.85. The van der Waals surface area contributed by atoms with E-state index in [1.807, 2.05) is 0 Å². The lowest BCUT2D eigenvalue weighted by molar-refractivity contribution is -0.140. The Bertz CT molecular complexity index is 484. The zero-order valence-corrected chi connectivity index (χ0v) is 12.3. The molecule has 0 bridgehead atoms. The second kappa shape index (κ2) is 7.41. The number of methoxy groups -OCH3 is 1. The first kappa shape index (κ1) is 15.8. The molecule has 0 aromatic heterocycles. The summed E-state index contributed by atoms with van der Waals surface area (Å²) in [4.78, 5) is 11.5. The van der Waals surface area contributed by atoms with Crippen LogP contribution in [0.3, 0.4) is 0 Å². The van der Waals surface area contributed by atoms with Gasteiger partial charge in [-0.15, -0.1) is 0 Å². The van der Waals surface area contributed by atoms with E-state index >= 15 is 0 Å². The molecule has 2 rings (SSSR count). The molecule has 2 N–H and O–H groups in total. The Morgan fingerprint density at radius 1 is 1.33 bits per heavy atom. The number of hydrogen-bond acceptors (Lipinski definition) is 3. The largest absolute Gasteiger partial charge is 0.494 e. The fourth-order valence-corrected chi connectivity index (χ4v) is 2.85. The number of hydrogen-bond donors (Lipinski definition) is 2. The smallest absolute Gasteiger partial charge is 0.325 e. The summed E-state index contributed by atoms with van der Waals surface area (Å²) in [5.41, 5.74) is 0.421. The maximum Gasteiger partial charge on any atom is 0.325 e. The molecule has 0 spiro atoms. The van der Waals surface area contributed by atoms with E-state index in [1.165, 1.54) is 32.1 Å². The monoisotopic (exact) mass is 295 g/mol. The Morgan fingerprint density at radius 2 is 2.00 bits per heavy atom. The number of carboxylic acid groups (broad SMARTS) is 1. The van der Waals surface area contributed by atoms with Crippen molar-refractivity contribution in [3.05, 3.63) is 29.6 Å². The van der Waals surface area contributed by atoms with Crippen molar-refractivity contribution in [3.8, 4) is 5.75 Å². The lowest BCUT2D eigenvalue weighted by Gasteiger charge is -2.22. The van der Waals surface area contributed by atoms with Crippen LogP contribution in [0.2, 0.25) is 0 Å². The Labute approximate surface area is 124 Å². The van der Waals surface area contributed by atoms with E-state index in [1.54, 1.807) is 6.07 Å². The predicted molar refractivity (Wildman–Crippen MR) is 78.0 cm³/mol. The summed E-state index contributed by atoms with van der Waals surface area (Å²) >= 11 is 0. The van der Waals surface area contributed by atoms with Crippen molar-refractivity contribution < 1.29 is 19.0 Å². The summed E-state index contributed by atoms with van der Waals surface area (Å²) in [5, 5.41) is 12.6. The minimum atomic E-state index is -0.983. The van der Waals surface area contributed by atoms with Crippen LogP contribution in [0.25, 0.3) is 0 Å². The van der Waals surface area contributed by atoms with Crippen LogP contribution in [0, 0.1) is 5.82 Å². The molecule has 0 heterocycles. The van der Waals surface area contributed by atoms with Crippen molar-refractivity contribution >= 4 is 5.97 Å². The molecular weight excluding hydrogens is 273 g/mol.